The number of hydrogen-bond acceptors (Lipinski definition) is 9. The van der Waals surface area contributed by atoms with E-state index in [-0.39, 0.29) is 32.5 Å². The van der Waals surface area contributed by atoms with Crippen LogP contribution in [-0.4, -0.2) is 96.4 Å². The zero-order valence-electron chi connectivity index (χ0n) is 28.2. The fraction of sp³-hybridized carbons (Fsp3) is 0.559. The van der Waals surface area contributed by atoms with Crippen LogP contribution in [0.4, 0.5) is 22.8 Å². The van der Waals surface area contributed by atoms with E-state index >= 15 is 0 Å². The number of rotatable bonds is 7. The second-order valence-corrected chi connectivity index (χ2v) is 15.8. The van der Waals surface area contributed by atoms with E-state index in [1.165, 1.54) is 11.0 Å². The number of halogens is 3. The van der Waals surface area contributed by atoms with Gasteiger partial charge in [0.15, 0.2) is 0 Å². The fourth-order valence-corrected chi connectivity index (χ4v) is 8.26. The van der Waals surface area contributed by atoms with Gasteiger partial charge in [0.25, 0.3) is 5.91 Å². The SMILES string of the molecule is C=C[C@@H]1C[C@]1(NC(=O)[C@@H]1C[C@@H]2CN1C(=O)[C@H](CC(F)(F)F)NC(=O)OCCCCC=Cc1cccc3c1CN(C3)C(=O)O2)C(=O)NS(=O)(=O)C1CC1. The first-order valence-electron chi connectivity index (χ1n) is 17.1. The summed E-state index contributed by atoms with van der Waals surface area (Å²) < 4.78 is 79.2. The van der Waals surface area contributed by atoms with Crippen LogP contribution in [0.3, 0.4) is 0 Å². The highest BCUT2D eigenvalue weighted by Crippen LogP contribution is 2.45. The number of nitrogens with one attached hydrogen (secondary N) is 3. The summed E-state index contributed by atoms with van der Waals surface area (Å²) in [4.78, 5) is 69.4. The normalized spacial score (nSPS) is 28.3. The molecule has 0 unspecified atom stereocenters. The van der Waals surface area contributed by atoms with Crippen LogP contribution in [0.25, 0.3) is 6.08 Å². The molecule has 282 valence electrons. The molecular weight excluding hydrogens is 711 g/mol. The van der Waals surface area contributed by atoms with Crippen molar-refractivity contribution in [2.24, 2.45) is 5.92 Å². The second-order valence-electron chi connectivity index (χ2n) is 13.8. The summed E-state index contributed by atoms with van der Waals surface area (Å²) in [6, 6.07) is 1.87. The molecule has 5 atom stereocenters. The number of alkyl carbamates (subject to hydrolysis) is 1. The first kappa shape index (κ1) is 37.2. The maximum Gasteiger partial charge on any atom is 0.410 e. The Balaban J connectivity index is 1.27. The van der Waals surface area contributed by atoms with Crippen molar-refractivity contribution >= 4 is 46.0 Å². The van der Waals surface area contributed by atoms with Gasteiger partial charge >= 0.3 is 18.4 Å². The molecule has 5 aliphatic rings. The van der Waals surface area contributed by atoms with Gasteiger partial charge in [0, 0.05) is 18.9 Å². The molecule has 3 fully saturated rings. The number of allylic oxidation sites excluding steroid dienone is 1. The third-order valence-corrected chi connectivity index (χ3v) is 11.8. The summed E-state index contributed by atoms with van der Waals surface area (Å²) in [5.41, 5.74) is 0.958. The molecule has 2 saturated carbocycles. The fourth-order valence-electron chi connectivity index (χ4n) is 6.90. The van der Waals surface area contributed by atoms with Crippen molar-refractivity contribution in [2.75, 3.05) is 13.2 Å². The zero-order valence-corrected chi connectivity index (χ0v) is 29.0. The quantitative estimate of drug-likeness (QED) is 0.353. The van der Waals surface area contributed by atoms with E-state index in [1.807, 2.05) is 40.4 Å². The molecule has 14 nitrogen and oxygen atoms in total. The zero-order chi connectivity index (χ0) is 37.4. The Kier molecular flexibility index (Phi) is 10.3. The van der Waals surface area contributed by atoms with Gasteiger partial charge in [-0.15, -0.1) is 6.58 Å². The number of nitrogens with zero attached hydrogens (tertiary/aromatic N) is 2. The highest BCUT2D eigenvalue weighted by atomic mass is 32.2. The van der Waals surface area contributed by atoms with Gasteiger partial charge in [0.1, 0.15) is 23.7 Å². The lowest BCUT2D eigenvalue weighted by Crippen LogP contribution is -2.58. The van der Waals surface area contributed by atoms with E-state index < -0.39 is 94.0 Å². The predicted molar refractivity (Wildman–Crippen MR) is 177 cm³/mol. The van der Waals surface area contributed by atoms with Crippen molar-refractivity contribution < 1.29 is 55.0 Å². The van der Waals surface area contributed by atoms with E-state index in [0.29, 0.717) is 32.1 Å². The molecular formula is C34H40F3N5O9S. The summed E-state index contributed by atoms with van der Waals surface area (Å²) in [5.74, 6) is -3.99. The van der Waals surface area contributed by atoms with Gasteiger partial charge in [-0.25, -0.2) is 18.0 Å². The lowest BCUT2D eigenvalue weighted by molar-refractivity contribution is -0.155. The number of cyclic esters (lactones) is 1. The molecule has 1 saturated heterocycles. The summed E-state index contributed by atoms with van der Waals surface area (Å²) in [5, 5.41) is 3.77. The van der Waals surface area contributed by atoms with Gasteiger partial charge in [-0.1, -0.05) is 36.4 Å². The van der Waals surface area contributed by atoms with Crippen LogP contribution in [0.15, 0.2) is 36.9 Å². The van der Waals surface area contributed by atoms with Crippen LogP contribution in [0.5, 0.6) is 0 Å². The maximum atomic E-state index is 14.0. The number of carbonyl (C=O) groups excluding carboxylic acids is 5. The topological polar surface area (TPSA) is 181 Å². The van der Waals surface area contributed by atoms with Crippen molar-refractivity contribution in [3.05, 3.63) is 53.6 Å². The Bertz CT molecular complexity index is 1780. The Morgan fingerprint density at radius 3 is 2.60 bits per heavy atom. The van der Waals surface area contributed by atoms with Crippen molar-refractivity contribution in [2.45, 2.75) is 99.6 Å². The van der Waals surface area contributed by atoms with Crippen LogP contribution in [0, 0.1) is 5.92 Å². The smallest absolute Gasteiger partial charge is 0.410 e. The third-order valence-electron chi connectivity index (χ3n) is 9.96. The molecule has 18 heteroatoms. The number of amides is 5. The van der Waals surface area contributed by atoms with Gasteiger partial charge in [0.2, 0.25) is 21.8 Å². The number of alkyl halides is 3. The van der Waals surface area contributed by atoms with Crippen molar-refractivity contribution in [1.29, 1.82) is 0 Å². The standard InChI is InChI=1S/C34H40F3N5O9S/c1-2-22-15-33(22,30(45)40-52(48,49)24-11-12-24)39-28(43)27-14-23-18-42(27)29(44)26(16-34(35,36)37)38-31(46)50-13-6-4-3-5-8-20-9-7-10-21-17-41(19-25(20)21)32(47)51-23/h2,5,7-10,22-24,26-27H,1,3-4,6,11-19H2,(H,38,46)(H,39,43)(H,40,45)/t22-,23-,26+,27+,33-/m1/s1. The van der Waals surface area contributed by atoms with Crippen LogP contribution in [0.1, 0.15) is 68.1 Å². The minimum Gasteiger partial charge on any atom is -0.450 e. The molecule has 0 spiro atoms. The minimum absolute atomic E-state index is 0.0237. The highest BCUT2D eigenvalue weighted by molar-refractivity contribution is 7.91. The molecule has 4 bridgehead atoms. The van der Waals surface area contributed by atoms with Crippen molar-refractivity contribution in [3.8, 4) is 0 Å². The summed E-state index contributed by atoms with van der Waals surface area (Å²) in [6.45, 7) is 3.44. The average molecular weight is 752 g/mol. The predicted octanol–water partition coefficient (Wildman–Crippen LogP) is 3.02. The molecule has 1 aromatic rings. The molecule has 52 heavy (non-hydrogen) atoms. The Morgan fingerprint density at radius 2 is 1.90 bits per heavy atom. The molecule has 0 aromatic heterocycles. The molecule has 3 N–H and O–H groups in total. The van der Waals surface area contributed by atoms with E-state index in [2.05, 4.69) is 11.9 Å². The number of carbonyl (C=O) groups is 5. The molecule has 0 radical (unpaired) electrons. The van der Waals surface area contributed by atoms with Gasteiger partial charge in [-0.3, -0.25) is 24.0 Å². The monoisotopic (exact) mass is 751 g/mol. The minimum atomic E-state index is -4.93. The first-order valence-corrected chi connectivity index (χ1v) is 18.7. The van der Waals surface area contributed by atoms with Gasteiger partial charge in [0.05, 0.1) is 31.4 Å². The van der Waals surface area contributed by atoms with E-state index in [1.54, 1.807) is 0 Å². The van der Waals surface area contributed by atoms with Gasteiger partial charge < -0.3 is 25.0 Å². The van der Waals surface area contributed by atoms with E-state index in [4.69, 9.17) is 9.47 Å². The van der Waals surface area contributed by atoms with E-state index in [9.17, 15) is 45.6 Å². The van der Waals surface area contributed by atoms with Crippen molar-refractivity contribution in [1.82, 2.24) is 25.2 Å². The molecule has 3 aliphatic heterocycles. The lowest BCUT2D eigenvalue weighted by Gasteiger charge is -2.30. The summed E-state index contributed by atoms with van der Waals surface area (Å²) in [6.07, 6.45) is -2.77. The van der Waals surface area contributed by atoms with E-state index in [0.717, 1.165) is 21.6 Å². The van der Waals surface area contributed by atoms with Crippen molar-refractivity contribution in [3.63, 3.8) is 0 Å². The number of ether oxygens (including phenoxy) is 2. The molecule has 1 aromatic carbocycles. The summed E-state index contributed by atoms with van der Waals surface area (Å²) in [7, 11) is -4.01. The second kappa shape index (κ2) is 14.4. The molecule has 3 heterocycles. The summed E-state index contributed by atoms with van der Waals surface area (Å²) >= 11 is 0. The highest BCUT2D eigenvalue weighted by Gasteiger charge is 2.62. The third kappa shape index (κ3) is 8.21. The molecule has 5 amide bonds. The number of sulfonamides is 1. The Labute approximate surface area is 298 Å². The lowest BCUT2D eigenvalue weighted by atomic mass is 10.0. The Morgan fingerprint density at radius 1 is 1.13 bits per heavy atom. The van der Waals surface area contributed by atoms with Gasteiger partial charge in [-0.2, -0.15) is 13.2 Å². The number of fused-ring (bicyclic) bond motifs is 3. The van der Waals surface area contributed by atoms with Gasteiger partial charge in [-0.05, 0) is 55.2 Å². The largest absolute Gasteiger partial charge is 0.450 e. The first-order chi connectivity index (χ1) is 24.6. The number of hydrogen-bond donors (Lipinski definition) is 3. The maximum absolute atomic E-state index is 14.0. The average Bonchev–Trinajstić information content (AvgIpc) is 3.96. The number of benzene rings is 1. The Hall–Kier alpha value is -4.61. The van der Waals surface area contributed by atoms with Crippen LogP contribution in [0.2, 0.25) is 0 Å². The molecule has 6 rings (SSSR count). The van der Waals surface area contributed by atoms with Crippen LogP contribution in [-0.2, 0) is 47.0 Å². The van der Waals surface area contributed by atoms with Crippen LogP contribution < -0.4 is 15.4 Å². The van der Waals surface area contributed by atoms with Crippen LogP contribution >= 0.6 is 0 Å². The molecule has 2 aliphatic carbocycles.